The van der Waals surface area contributed by atoms with Crippen molar-refractivity contribution in [1.29, 1.82) is 0 Å². The number of hydrogen-bond acceptors (Lipinski definition) is 8. The van der Waals surface area contributed by atoms with Gasteiger partial charge in [0.25, 0.3) is 11.2 Å². The third-order valence-electron chi connectivity index (χ3n) is 3.06. The number of ether oxygens (including phenoxy) is 1. The fraction of sp³-hybridized carbons (Fsp3) is 0.333. The highest BCUT2D eigenvalue weighted by atomic mass is 32.1. The third kappa shape index (κ3) is 4.72. The summed E-state index contributed by atoms with van der Waals surface area (Å²) in [4.78, 5) is 50.2. The Bertz CT molecular complexity index is 917. The number of thiazole rings is 1. The van der Waals surface area contributed by atoms with Gasteiger partial charge in [-0.25, -0.2) is 9.78 Å². The first-order valence-corrected chi connectivity index (χ1v) is 8.32. The van der Waals surface area contributed by atoms with E-state index in [4.69, 9.17) is 4.74 Å². The van der Waals surface area contributed by atoms with Gasteiger partial charge in [-0.15, -0.1) is 0 Å². The van der Waals surface area contributed by atoms with Crippen LogP contribution in [0, 0.1) is 17.0 Å². The van der Waals surface area contributed by atoms with Crippen molar-refractivity contribution in [3.8, 4) is 0 Å². The largest absolute Gasteiger partial charge is 0.459 e. The number of nitrogens with one attached hydrogen (secondary N) is 1. The summed E-state index contributed by atoms with van der Waals surface area (Å²) in [6.07, 6.45) is 0.697. The van der Waals surface area contributed by atoms with E-state index in [1.807, 2.05) is 0 Å². The van der Waals surface area contributed by atoms with Crippen LogP contribution in [0.2, 0.25) is 0 Å². The Morgan fingerprint density at radius 2 is 2.12 bits per heavy atom. The maximum Gasteiger partial charge on any atom is 0.350 e. The topological polar surface area (TPSA) is 133 Å². The maximum atomic E-state index is 12.1. The van der Waals surface area contributed by atoms with Crippen molar-refractivity contribution in [2.45, 2.75) is 33.4 Å². The Kier molecular flexibility index (Phi) is 5.82. The molecule has 0 aliphatic rings. The van der Waals surface area contributed by atoms with E-state index in [1.165, 1.54) is 0 Å². The molecule has 2 rings (SSSR count). The van der Waals surface area contributed by atoms with Crippen LogP contribution < -0.4 is 10.9 Å². The number of carbonyl (C=O) groups is 2. The first-order chi connectivity index (χ1) is 12.2. The molecule has 0 radical (unpaired) electrons. The molecule has 1 N–H and O–H groups in total. The van der Waals surface area contributed by atoms with Crippen LogP contribution in [0.5, 0.6) is 0 Å². The Morgan fingerprint density at radius 1 is 1.42 bits per heavy atom. The Balaban J connectivity index is 2.12. The van der Waals surface area contributed by atoms with Gasteiger partial charge in [0.05, 0.1) is 22.9 Å². The number of rotatable bonds is 6. The number of pyridine rings is 1. The number of amides is 1. The van der Waals surface area contributed by atoms with Gasteiger partial charge in [0.2, 0.25) is 5.91 Å². The summed E-state index contributed by atoms with van der Waals surface area (Å²) in [5.74, 6) is -1.14. The van der Waals surface area contributed by atoms with Gasteiger partial charge in [-0.3, -0.25) is 24.3 Å². The molecule has 0 saturated carbocycles. The second kappa shape index (κ2) is 7.87. The predicted octanol–water partition coefficient (Wildman–Crippen LogP) is 1.73. The van der Waals surface area contributed by atoms with Crippen molar-refractivity contribution >= 4 is 34.0 Å². The van der Waals surface area contributed by atoms with Gasteiger partial charge < -0.3 is 10.1 Å². The summed E-state index contributed by atoms with van der Waals surface area (Å²) in [6, 6.07) is 2.08. The molecule has 2 aromatic rings. The van der Waals surface area contributed by atoms with Crippen LogP contribution in [0.3, 0.4) is 0 Å². The average Bonchev–Trinajstić information content (AvgIpc) is 2.89. The lowest BCUT2D eigenvalue weighted by Gasteiger charge is -2.06. The molecule has 0 bridgehead atoms. The van der Waals surface area contributed by atoms with Gasteiger partial charge in [0, 0.05) is 12.1 Å². The smallest absolute Gasteiger partial charge is 0.350 e. The van der Waals surface area contributed by atoms with E-state index in [0.29, 0.717) is 5.69 Å². The zero-order chi connectivity index (χ0) is 19.4. The molecule has 0 aromatic carbocycles. The normalized spacial score (nSPS) is 10.6. The van der Waals surface area contributed by atoms with Crippen LogP contribution in [0.25, 0.3) is 0 Å². The minimum Gasteiger partial charge on any atom is -0.459 e. The first-order valence-electron chi connectivity index (χ1n) is 7.50. The minimum absolute atomic E-state index is 0.168. The van der Waals surface area contributed by atoms with E-state index in [1.54, 1.807) is 20.8 Å². The maximum absolute atomic E-state index is 12.1. The molecule has 1 amide bonds. The van der Waals surface area contributed by atoms with Crippen LogP contribution in [0.1, 0.15) is 29.2 Å². The van der Waals surface area contributed by atoms with E-state index in [-0.39, 0.29) is 21.8 Å². The van der Waals surface area contributed by atoms with Crippen molar-refractivity contribution in [2.24, 2.45) is 0 Å². The monoisotopic (exact) mass is 380 g/mol. The van der Waals surface area contributed by atoms with Crippen molar-refractivity contribution in [3.63, 3.8) is 0 Å². The molecule has 0 unspecified atom stereocenters. The fourth-order valence-corrected chi connectivity index (χ4v) is 2.84. The molecule has 0 aliphatic heterocycles. The minimum atomic E-state index is -0.662. The molecule has 11 heteroatoms. The van der Waals surface area contributed by atoms with E-state index in [0.717, 1.165) is 34.2 Å². The van der Waals surface area contributed by atoms with Gasteiger partial charge in [0.15, 0.2) is 5.13 Å². The molecule has 0 saturated heterocycles. The zero-order valence-electron chi connectivity index (χ0n) is 14.2. The lowest BCUT2D eigenvalue weighted by molar-refractivity contribution is -0.385. The molecule has 2 heterocycles. The van der Waals surface area contributed by atoms with Gasteiger partial charge in [-0.2, -0.15) is 0 Å². The number of esters is 1. The van der Waals surface area contributed by atoms with Crippen molar-refractivity contribution in [2.75, 3.05) is 5.32 Å². The van der Waals surface area contributed by atoms with Crippen LogP contribution in [-0.2, 0) is 16.1 Å². The highest BCUT2D eigenvalue weighted by Gasteiger charge is 2.19. The molecule has 0 spiro atoms. The van der Waals surface area contributed by atoms with Crippen LogP contribution in [0.4, 0.5) is 10.8 Å². The van der Waals surface area contributed by atoms with Crippen molar-refractivity contribution in [1.82, 2.24) is 9.55 Å². The second-order valence-corrected chi connectivity index (χ2v) is 6.55. The Labute approximate surface area is 151 Å². The lowest BCUT2D eigenvalue weighted by atomic mass is 10.4. The van der Waals surface area contributed by atoms with Gasteiger partial charge in [0.1, 0.15) is 11.4 Å². The number of anilines is 1. The highest BCUT2D eigenvalue weighted by molar-refractivity contribution is 7.17. The summed E-state index contributed by atoms with van der Waals surface area (Å²) in [6.45, 7) is 4.61. The summed E-state index contributed by atoms with van der Waals surface area (Å²) < 4.78 is 6.01. The lowest BCUT2D eigenvalue weighted by Crippen LogP contribution is -2.26. The quantitative estimate of drug-likeness (QED) is 0.458. The summed E-state index contributed by atoms with van der Waals surface area (Å²) >= 11 is 0.948. The van der Waals surface area contributed by atoms with Gasteiger partial charge in [-0.1, -0.05) is 11.3 Å². The van der Waals surface area contributed by atoms with Crippen molar-refractivity contribution < 1.29 is 19.2 Å². The molecule has 26 heavy (non-hydrogen) atoms. The zero-order valence-corrected chi connectivity index (χ0v) is 15.0. The number of hydrogen-bond donors (Lipinski definition) is 1. The Hall–Kier alpha value is -3.08. The summed E-state index contributed by atoms with van der Waals surface area (Å²) in [7, 11) is 0. The second-order valence-electron chi connectivity index (χ2n) is 5.55. The molecule has 0 atom stereocenters. The molecule has 0 aliphatic carbocycles. The highest BCUT2D eigenvalue weighted by Crippen LogP contribution is 2.23. The van der Waals surface area contributed by atoms with Crippen LogP contribution >= 0.6 is 11.3 Å². The molecule has 2 aromatic heterocycles. The van der Waals surface area contributed by atoms with E-state index >= 15 is 0 Å². The molecule has 138 valence electrons. The van der Waals surface area contributed by atoms with Gasteiger partial charge >= 0.3 is 5.97 Å². The number of nitrogens with zero attached hydrogens (tertiary/aromatic N) is 3. The average molecular weight is 380 g/mol. The predicted molar refractivity (Wildman–Crippen MR) is 93.4 cm³/mol. The summed E-state index contributed by atoms with van der Waals surface area (Å²) in [5.41, 5.74) is -0.452. The molecule has 0 fully saturated rings. The van der Waals surface area contributed by atoms with E-state index < -0.39 is 28.9 Å². The SMILES string of the molecule is Cc1nc(NC(=O)Cn2cc([N+](=O)[O-])ccc2=O)sc1C(=O)OC(C)C. The number of aryl methyl sites for hydroxylation is 1. The standard InChI is InChI=1S/C15H16N4O6S/c1-8(2)25-14(22)13-9(3)16-15(26-13)17-11(20)7-18-6-10(19(23)24)4-5-12(18)21/h4-6,8H,7H2,1-3H3,(H,16,17,20). The fourth-order valence-electron chi connectivity index (χ4n) is 1.97. The number of carbonyl (C=O) groups excluding carboxylic acids is 2. The molecular formula is C15H16N4O6S. The van der Waals surface area contributed by atoms with E-state index in [2.05, 4.69) is 10.3 Å². The van der Waals surface area contributed by atoms with Crippen molar-refractivity contribution in [3.05, 3.63) is 49.4 Å². The third-order valence-corrected chi connectivity index (χ3v) is 4.12. The van der Waals surface area contributed by atoms with Crippen LogP contribution in [-0.4, -0.2) is 32.5 Å². The number of nitro groups is 1. The van der Waals surface area contributed by atoms with E-state index in [9.17, 15) is 24.5 Å². The first kappa shape index (κ1) is 19.2. The number of aromatic nitrogens is 2. The van der Waals surface area contributed by atoms with Crippen LogP contribution in [0.15, 0.2) is 23.1 Å². The molecular weight excluding hydrogens is 364 g/mol. The Morgan fingerprint density at radius 3 is 2.73 bits per heavy atom. The molecule has 10 nitrogen and oxygen atoms in total. The van der Waals surface area contributed by atoms with Gasteiger partial charge in [-0.05, 0) is 20.8 Å². The summed E-state index contributed by atoms with van der Waals surface area (Å²) in [5, 5.41) is 13.4.